The molecule has 0 aromatic heterocycles. The van der Waals surface area contributed by atoms with Crippen LogP contribution in [0.15, 0.2) is 85.5 Å². The number of ketones is 2. The van der Waals surface area contributed by atoms with Gasteiger partial charge in [-0.3, -0.25) is 9.59 Å². The maximum atomic E-state index is 12.6. The summed E-state index contributed by atoms with van der Waals surface area (Å²) in [6.45, 7) is 20.9. The molecule has 0 spiro atoms. The van der Waals surface area contributed by atoms with Crippen molar-refractivity contribution in [2.45, 2.75) is 68.2 Å². The molecule has 0 unspecified atom stereocenters. The van der Waals surface area contributed by atoms with E-state index in [1.165, 1.54) is 0 Å². The first kappa shape index (κ1) is 35.3. The first-order valence-corrected chi connectivity index (χ1v) is 14.2. The van der Waals surface area contributed by atoms with E-state index in [-0.39, 0.29) is 11.6 Å². The zero-order chi connectivity index (χ0) is 29.6. The second-order valence-electron chi connectivity index (χ2n) is 8.37. The van der Waals surface area contributed by atoms with Crippen LogP contribution in [0.25, 0.3) is 0 Å². The van der Waals surface area contributed by atoms with E-state index in [1.54, 1.807) is 42.5 Å². The molecule has 0 saturated carbocycles. The van der Waals surface area contributed by atoms with E-state index in [2.05, 4.69) is 20.4 Å². The molecule has 0 atom stereocenters. The first-order chi connectivity index (χ1) is 18.9. The molecule has 3 aromatic carbocycles. The van der Waals surface area contributed by atoms with Crippen molar-refractivity contribution in [2.24, 2.45) is 5.92 Å². The molecule has 0 aliphatic heterocycles. The summed E-state index contributed by atoms with van der Waals surface area (Å²) in [6, 6.07) is 22.0. The van der Waals surface area contributed by atoms with Gasteiger partial charge in [-0.15, -0.1) is 0 Å². The van der Waals surface area contributed by atoms with Gasteiger partial charge in [-0.1, -0.05) is 92.3 Å². The Balaban J connectivity index is 0.00000225. The molecule has 3 aromatic rings. The SMILES string of the molecule is C=CCOc1ccc(C(=O)Cc2ccc(CC(=O)c3ccc(OCC(C)C)cc3)cc2)cc1.CC.CC.CC. The fourth-order valence-corrected chi connectivity index (χ4v) is 3.24. The lowest BCUT2D eigenvalue weighted by Gasteiger charge is -2.09. The Kier molecular flexibility index (Phi) is 19.3. The van der Waals surface area contributed by atoms with Gasteiger partial charge in [0.25, 0.3) is 0 Å². The molecule has 0 aliphatic rings. The number of benzene rings is 3. The predicted octanol–water partition coefficient (Wildman–Crippen LogP) is 9.22. The average Bonchev–Trinajstić information content (AvgIpc) is 2.99. The second kappa shape index (κ2) is 21.3. The molecule has 4 nitrogen and oxygen atoms in total. The van der Waals surface area contributed by atoms with Crippen molar-refractivity contribution in [1.82, 2.24) is 0 Å². The van der Waals surface area contributed by atoms with Crippen LogP contribution in [-0.4, -0.2) is 24.8 Å². The average molecular weight is 533 g/mol. The maximum Gasteiger partial charge on any atom is 0.167 e. The highest BCUT2D eigenvalue weighted by molar-refractivity contribution is 5.98. The lowest BCUT2D eigenvalue weighted by molar-refractivity contribution is 0.0984. The summed E-state index contributed by atoms with van der Waals surface area (Å²) in [4.78, 5) is 25.2. The monoisotopic (exact) mass is 532 g/mol. The molecule has 0 heterocycles. The molecule has 0 bridgehead atoms. The van der Waals surface area contributed by atoms with Crippen LogP contribution in [0, 0.1) is 5.92 Å². The number of hydrogen-bond donors (Lipinski definition) is 0. The second-order valence-corrected chi connectivity index (χ2v) is 8.37. The van der Waals surface area contributed by atoms with E-state index in [9.17, 15) is 9.59 Å². The topological polar surface area (TPSA) is 52.6 Å². The Morgan fingerprint density at radius 3 is 1.33 bits per heavy atom. The van der Waals surface area contributed by atoms with Crippen molar-refractivity contribution >= 4 is 11.6 Å². The third kappa shape index (κ3) is 13.6. The van der Waals surface area contributed by atoms with Gasteiger partial charge in [0.05, 0.1) is 6.61 Å². The number of carbonyl (C=O) groups excluding carboxylic acids is 2. The lowest BCUT2D eigenvalue weighted by atomic mass is 9.99. The van der Waals surface area contributed by atoms with Gasteiger partial charge < -0.3 is 9.47 Å². The van der Waals surface area contributed by atoms with E-state index in [4.69, 9.17) is 9.47 Å². The molecular weight excluding hydrogens is 484 g/mol. The van der Waals surface area contributed by atoms with Crippen LogP contribution in [-0.2, 0) is 12.8 Å². The summed E-state index contributed by atoms with van der Waals surface area (Å²) in [5, 5.41) is 0. The molecule has 0 aliphatic carbocycles. The van der Waals surface area contributed by atoms with Gasteiger partial charge >= 0.3 is 0 Å². The highest BCUT2D eigenvalue weighted by atomic mass is 16.5. The molecule has 0 N–H and O–H groups in total. The number of carbonyl (C=O) groups is 2. The zero-order valence-electron chi connectivity index (χ0n) is 25.3. The zero-order valence-corrected chi connectivity index (χ0v) is 25.3. The van der Waals surface area contributed by atoms with Crippen LogP contribution < -0.4 is 9.47 Å². The van der Waals surface area contributed by atoms with Crippen LogP contribution in [0.3, 0.4) is 0 Å². The standard InChI is InChI=1S/C29H30O4.3C2H6/c1-4-17-32-26-13-9-24(10-14-26)28(30)18-22-5-7-23(8-6-22)19-29(31)25-11-15-27(16-12-25)33-20-21(2)3;3*1-2/h4-16,21H,1,17-20H2,2-3H3;3*1-2H3. The Labute approximate surface area is 237 Å². The fourth-order valence-electron chi connectivity index (χ4n) is 3.24. The highest BCUT2D eigenvalue weighted by Crippen LogP contribution is 2.17. The molecule has 4 heteroatoms. The van der Waals surface area contributed by atoms with E-state index >= 15 is 0 Å². The minimum absolute atomic E-state index is 0.0360. The number of Topliss-reactive ketones (excluding diaryl/α,β-unsaturated/α-hetero) is 2. The molecule has 3 rings (SSSR count). The summed E-state index contributed by atoms with van der Waals surface area (Å²) in [7, 11) is 0. The molecular formula is C35H48O4. The molecule has 0 amide bonds. The maximum absolute atomic E-state index is 12.6. The van der Waals surface area contributed by atoms with Crippen molar-refractivity contribution in [3.8, 4) is 11.5 Å². The van der Waals surface area contributed by atoms with Crippen LogP contribution >= 0.6 is 0 Å². The number of ether oxygens (including phenoxy) is 2. The van der Waals surface area contributed by atoms with Gasteiger partial charge in [0.15, 0.2) is 11.6 Å². The number of rotatable bonds is 12. The van der Waals surface area contributed by atoms with Gasteiger partial charge in [0, 0.05) is 24.0 Å². The largest absolute Gasteiger partial charge is 0.493 e. The Hall–Kier alpha value is -3.66. The van der Waals surface area contributed by atoms with E-state index < -0.39 is 0 Å². The van der Waals surface area contributed by atoms with Crippen molar-refractivity contribution in [2.75, 3.05) is 13.2 Å². The lowest BCUT2D eigenvalue weighted by Crippen LogP contribution is -2.06. The third-order valence-electron chi connectivity index (χ3n) is 5.06. The Bertz CT molecular complexity index is 1060. The van der Waals surface area contributed by atoms with Crippen LogP contribution in [0.5, 0.6) is 11.5 Å². The van der Waals surface area contributed by atoms with Gasteiger partial charge in [-0.2, -0.15) is 0 Å². The summed E-state index contributed by atoms with van der Waals surface area (Å²) in [6.07, 6.45) is 2.29. The fraction of sp³-hybridized carbons (Fsp3) is 0.371. The predicted molar refractivity (Wildman–Crippen MR) is 165 cm³/mol. The van der Waals surface area contributed by atoms with Crippen molar-refractivity contribution in [1.29, 1.82) is 0 Å². The van der Waals surface area contributed by atoms with E-state index in [0.29, 0.717) is 48.8 Å². The normalized spacial score (nSPS) is 9.46. The quantitative estimate of drug-likeness (QED) is 0.172. The van der Waals surface area contributed by atoms with Gasteiger partial charge in [-0.25, -0.2) is 0 Å². The third-order valence-corrected chi connectivity index (χ3v) is 5.06. The minimum Gasteiger partial charge on any atom is -0.493 e. The van der Waals surface area contributed by atoms with Crippen molar-refractivity contribution < 1.29 is 19.1 Å². The van der Waals surface area contributed by atoms with Crippen LogP contribution in [0.4, 0.5) is 0 Å². The van der Waals surface area contributed by atoms with Crippen LogP contribution in [0.1, 0.15) is 87.2 Å². The van der Waals surface area contributed by atoms with Gasteiger partial charge in [0.1, 0.15) is 18.1 Å². The van der Waals surface area contributed by atoms with Gasteiger partial charge in [0.2, 0.25) is 0 Å². The molecule has 39 heavy (non-hydrogen) atoms. The highest BCUT2D eigenvalue weighted by Gasteiger charge is 2.10. The summed E-state index contributed by atoms with van der Waals surface area (Å²) in [5.41, 5.74) is 3.13. The van der Waals surface area contributed by atoms with Crippen molar-refractivity contribution in [3.05, 3.63) is 108 Å². The molecule has 0 saturated heterocycles. The van der Waals surface area contributed by atoms with Crippen LogP contribution in [0.2, 0.25) is 0 Å². The molecule has 212 valence electrons. The molecule has 0 radical (unpaired) electrons. The minimum atomic E-state index is 0.0360. The van der Waals surface area contributed by atoms with Crippen molar-refractivity contribution in [3.63, 3.8) is 0 Å². The van der Waals surface area contributed by atoms with Gasteiger partial charge in [-0.05, 0) is 65.6 Å². The summed E-state index contributed by atoms with van der Waals surface area (Å²) in [5.74, 6) is 2.01. The molecule has 0 fully saturated rings. The Morgan fingerprint density at radius 1 is 0.641 bits per heavy atom. The Morgan fingerprint density at radius 2 is 1.00 bits per heavy atom. The summed E-state index contributed by atoms with van der Waals surface area (Å²) >= 11 is 0. The summed E-state index contributed by atoms with van der Waals surface area (Å²) < 4.78 is 11.1. The van der Waals surface area contributed by atoms with E-state index in [1.807, 2.05) is 77.9 Å². The first-order valence-electron chi connectivity index (χ1n) is 14.2. The number of hydrogen-bond acceptors (Lipinski definition) is 4. The smallest absolute Gasteiger partial charge is 0.167 e. The van der Waals surface area contributed by atoms with E-state index in [0.717, 1.165) is 16.9 Å².